The van der Waals surface area contributed by atoms with Gasteiger partial charge in [-0.05, 0) is 38.1 Å². The second kappa shape index (κ2) is 6.17. The first-order valence-electron chi connectivity index (χ1n) is 5.13. The molecule has 1 aromatic rings. The van der Waals surface area contributed by atoms with Crippen molar-refractivity contribution in [1.29, 1.82) is 0 Å². The maximum absolute atomic E-state index is 6.00. The molecule has 0 saturated carbocycles. The SMILES string of the molecule is CCOC(C)C(N)CCc1cccs1. The summed E-state index contributed by atoms with van der Waals surface area (Å²) in [5.74, 6) is 0. The highest BCUT2D eigenvalue weighted by atomic mass is 32.1. The van der Waals surface area contributed by atoms with Crippen LogP contribution < -0.4 is 5.73 Å². The molecule has 2 N–H and O–H groups in total. The van der Waals surface area contributed by atoms with Crippen LogP contribution >= 0.6 is 11.3 Å². The number of hydrogen-bond donors (Lipinski definition) is 1. The van der Waals surface area contributed by atoms with E-state index in [-0.39, 0.29) is 12.1 Å². The van der Waals surface area contributed by atoms with Gasteiger partial charge in [0.25, 0.3) is 0 Å². The average Bonchev–Trinajstić information content (AvgIpc) is 2.67. The predicted molar refractivity (Wildman–Crippen MR) is 61.7 cm³/mol. The molecule has 0 fully saturated rings. The summed E-state index contributed by atoms with van der Waals surface area (Å²) in [6.45, 7) is 4.79. The Hall–Kier alpha value is -0.380. The maximum atomic E-state index is 6.00. The Morgan fingerprint density at radius 3 is 2.93 bits per heavy atom. The quantitative estimate of drug-likeness (QED) is 0.787. The molecule has 2 nitrogen and oxygen atoms in total. The highest BCUT2D eigenvalue weighted by molar-refractivity contribution is 7.09. The fourth-order valence-electron chi connectivity index (χ4n) is 1.38. The molecule has 2 atom stereocenters. The van der Waals surface area contributed by atoms with Gasteiger partial charge in [-0.2, -0.15) is 0 Å². The average molecular weight is 213 g/mol. The first-order valence-corrected chi connectivity index (χ1v) is 6.01. The Kier molecular flexibility index (Phi) is 5.15. The highest BCUT2D eigenvalue weighted by Gasteiger charge is 2.12. The zero-order valence-electron chi connectivity index (χ0n) is 8.90. The Labute approximate surface area is 90.1 Å². The van der Waals surface area contributed by atoms with E-state index in [2.05, 4.69) is 17.5 Å². The lowest BCUT2D eigenvalue weighted by atomic mass is 10.1. The second-order valence-electron chi connectivity index (χ2n) is 3.44. The van der Waals surface area contributed by atoms with Crippen molar-refractivity contribution in [3.05, 3.63) is 22.4 Å². The summed E-state index contributed by atoms with van der Waals surface area (Å²) in [4.78, 5) is 1.41. The molecule has 0 saturated heterocycles. The van der Waals surface area contributed by atoms with E-state index >= 15 is 0 Å². The third-order valence-electron chi connectivity index (χ3n) is 2.34. The molecule has 1 rings (SSSR count). The third-order valence-corrected chi connectivity index (χ3v) is 3.27. The summed E-state index contributed by atoms with van der Waals surface area (Å²) in [5, 5.41) is 2.10. The molecule has 0 amide bonds. The molecule has 0 aromatic carbocycles. The largest absolute Gasteiger partial charge is 0.377 e. The number of aryl methyl sites for hydroxylation is 1. The van der Waals surface area contributed by atoms with Crippen molar-refractivity contribution in [3.8, 4) is 0 Å². The Balaban J connectivity index is 2.24. The van der Waals surface area contributed by atoms with E-state index in [1.165, 1.54) is 4.88 Å². The molecule has 80 valence electrons. The van der Waals surface area contributed by atoms with Crippen molar-refractivity contribution in [2.24, 2.45) is 5.73 Å². The van der Waals surface area contributed by atoms with Crippen LogP contribution in [-0.2, 0) is 11.2 Å². The number of nitrogens with two attached hydrogens (primary N) is 1. The van der Waals surface area contributed by atoms with Crippen LogP contribution in [0.15, 0.2) is 17.5 Å². The van der Waals surface area contributed by atoms with Crippen LogP contribution in [0.2, 0.25) is 0 Å². The van der Waals surface area contributed by atoms with E-state index in [4.69, 9.17) is 10.5 Å². The van der Waals surface area contributed by atoms with E-state index < -0.39 is 0 Å². The topological polar surface area (TPSA) is 35.2 Å². The van der Waals surface area contributed by atoms with Gasteiger partial charge in [0.05, 0.1) is 6.10 Å². The third kappa shape index (κ3) is 3.78. The van der Waals surface area contributed by atoms with Crippen LogP contribution in [0, 0.1) is 0 Å². The lowest BCUT2D eigenvalue weighted by molar-refractivity contribution is 0.0557. The number of hydrogen-bond acceptors (Lipinski definition) is 3. The predicted octanol–water partition coefficient (Wildman–Crippen LogP) is 2.43. The van der Waals surface area contributed by atoms with Crippen molar-refractivity contribution in [1.82, 2.24) is 0 Å². The van der Waals surface area contributed by atoms with E-state index in [0.29, 0.717) is 0 Å². The van der Waals surface area contributed by atoms with Gasteiger partial charge in [-0.15, -0.1) is 11.3 Å². The first kappa shape index (κ1) is 11.7. The number of ether oxygens (including phenoxy) is 1. The van der Waals surface area contributed by atoms with Gasteiger partial charge in [0.1, 0.15) is 0 Å². The molecule has 0 radical (unpaired) electrons. The molecule has 0 spiro atoms. The van der Waals surface area contributed by atoms with Crippen molar-refractivity contribution in [2.75, 3.05) is 6.61 Å². The summed E-state index contributed by atoms with van der Waals surface area (Å²) >= 11 is 1.79. The van der Waals surface area contributed by atoms with Gasteiger partial charge in [0.2, 0.25) is 0 Å². The van der Waals surface area contributed by atoms with Gasteiger partial charge < -0.3 is 10.5 Å². The zero-order chi connectivity index (χ0) is 10.4. The van der Waals surface area contributed by atoms with Gasteiger partial charge in [-0.25, -0.2) is 0 Å². The van der Waals surface area contributed by atoms with Crippen LogP contribution in [-0.4, -0.2) is 18.8 Å². The van der Waals surface area contributed by atoms with Crippen LogP contribution in [0.25, 0.3) is 0 Å². The van der Waals surface area contributed by atoms with E-state index in [0.717, 1.165) is 19.4 Å². The van der Waals surface area contributed by atoms with E-state index in [9.17, 15) is 0 Å². The first-order chi connectivity index (χ1) is 6.74. The summed E-state index contributed by atoms with van der Waals surface area (Å²) < 4.78 is 5.45. The van der Waals surface area contributed by atoms with Crippen molar-refractivity contribution >= 4 is 11.3 Å². The lowest BCUT2D eigenvalue weighted by Gasteiger charge is -2.19. The van der Waals surface area contributed by atoms with E-state index in [1.54, 1.807) is 11.3 Å². The molecule has 3 heteroatoms. The Morgan fingerprint density at radius 2 is 2.36 bits per heavy atom. The van der Waals surface area contributed by atoms with Crippen LogP contribution in [0.4, 0.5) is 0 Å². The molecule has 1 heterocycles. The molecule has 0 aliphatic rings. The van der Waals surface area contributed by atoms with Gasteiger partial charge in [-0.3, -0.25) is 0 Å². The van der Waals surface area contributed by atoms with Crippen molar-refractivity contribution < 1.29 is 4.74 Å². The summed E-state index contributed by atoms with van der Waals surface area (Å²) in [7, 11) is 0. The monoisotopic (exact) mass is 213 g/mol. The molecule has 0 aliphatic heterocycles. The molecule has 14 heavy (non-hydrogen) atoms. The minimum absolute atomic E-state index is 0.150. The second-order valence-corrected chi connectivity index (χ2v) is 4.47. The van der Waals surface area contributed by atoms with Crippen LogP contribution in [0.1, 0.15) is 25.1 Å². The Bertz CT molecular complexity index is 235. The summed E-state index contributed by atoms with van der Waals surface area (Å²) in [6, 6.07) is 4.39. The fourth-order valence-corrected chi connectivity index (χ4v) is 2.11. The minimum atomic E-state index is 0.150. The normalized spacial score (nSPS) is 15.4. The lowest BCUT2D eigenvalue weighted by Crippen LogP contribution is -2.34. The fraction of sp³-hybridized carbons (Fsp3) is 0.636. The smallest absolute Gasteiger partial charge is 0.0697 e. The van der Waals surface area contributed by atoms with Gasteiger partial charge in [-0.1, -0.05) is 6.07 Å². The van der Waals surface area contributed by atoms with Crippen LogP contribution in [0.3, 0.4) is 0 Å². The van der Waals surface area contributed by atoms with Crippen LogP contribution in [0.5, 0.6) is 0 Å². The van der Waals surface area contributed by atoms with Crippen molar-refractivity contribution in [2.45, 2.75) is 38.8 Å². The molecular formula is C11H19NOS. The van der Waals surface area contributed by atoms with E-state index in [1.807, 2.05) is 13.8 Å². The summed E-state index contributed by atoms with van der Waals surface area (Å²) in [5.41, 5.74) is 6.00. The van der Waals surface area contributed by atoms with Gasteiger partial charge in [0.15, 0.2) is 0 Å². The molecular weight excluding hydrogens is 194 g/mol. The number of rotatable bonds is 6. The van der Waals surface area contributed by atoms with Crippen molar-refractivity contribution in [3.63, 3.8) is 0 Å². The van der Waals surface area contributed by atoms with Gasteiger partial charge in [0, 0.05) is 17.5 Å². The molecule has 1 aromatic heterocycles. The standard InChI is InChI=1S/C11H19NOS/c1-3-13-9(2)11(12)7-6-10-5-4-8-14-10/h4-5,8-9,11H,3,6-7,12H2,1-2H3. The summed E-state index contributed by atoms with van der Waals surface area (Å²) in [6.07, 6.45) is 2.23. The molecule has 0 bridgehead atoms. The Morgan fingerprint density at radius 1 is 1.57 bits per heavy atom. The number of thiophene rings is 1. The highest BCUT2D eigenvalue weighted by Crippen LogP contribution is 2.13. The van der Waals surface area contributed by atoms with Gasteiger partial charge >= 0.3 is 0 Å². The minimum Gasteiger partial charge on any atom is -0.377 e. The molecule has 2 unspecified atom stereocenters. The molecule has 0 aliphatic carbocycles. The maximum Gasteiger partial charge on any atom is 0.0697 e. The zero-order valence-corrected chi connectivity index (χ0v) is 9.72.